The first-order valence-electron chi connectivity index (χ1n) is 15.3. The first-order valence-corrected chi connectivity index (χ1v) is 16.3. The molecule has 250 valence electrons. The minimum absolute atomic E-state index is 0.0298. The minimum Gasteiger partial charge on any atom is -0.497 e. The standard InChI is InChI=1S/C36H33FN6O5S/c1-46-26-18-14-23(15-19-26)28-20-30(24-12-16-25(37)17-13-24)43(41-28)34(44)22-49-36-40-39-33(42(36)29-9-5-7-11-32(29)48-3)21-38-35(45)27-8-4-6-10-31(27)47-2/h4-19,30H,20-22H2,1-3H3,(H,38,45). The van der Waals surface area contributed by atoms with E-state index in [4.69, 9.17) is 19.3 Å². The lowest BCUT2D eigenvalue weighted by Gasteiger charge is -2.22. The topological polar surface area (TPSA) is 120 Å². The first-order chi connectivity index (χ1) is 23.9. The molecule has 0 saturated carbocycles. The lowest BCUT2D eigenvalue weighted by atomic mass is 9.98. The van der Waals surface area contributed by atoms with Gasteiger partial charge in [-0.15, -0.1) is 10.2 Å². The maximum Gasteiger partial charge on any atom is 0.255 e. The maximum absolute atomic E-state index is 13.9. The second-order valence-electron chi connectivity index (χ2n) is 10.9. The number of methoxy groups -OCH3 is 3. The van der Waals surface area contributed by atoms with Gasteiger partial charge in [-0.2, -0.15) is 5.10 Å². The zero-order valence-electron chi connectivity index (χ0n) is 27.0. The van der Waals surface area contributed by atoms with Crippen LogP contribution < -0.4 is 19.5 Å². The van der Waals surface area contributed by atoms with Crippen molar-refractivity contribution in [3.05, 3.63) is 125 Å². The summed E-state index contributed by atoms with van der Waals surface area (Å²) in [6.45, 7) is 0.0325. The number of nitrogens with one attached hydrogen (secondary N) is 1. The minimum atomic E-state index is -0.432. The summed E-state index contributed by atoms with van der Waals surface area (Å²) in [5, 5.41) is 18.3. The van der Waals surface area contributed by atoms with Crippen LogP contribution in [0.15, 0.2) is 107 Å². The molecule has 2 heterocycles. The summed E-state index contributed by atoms with van der Waals surface area (Å²) in [6, 6.07) is 27.4. The first kappa shape index (κ1) is 33.2. The van der Waals surface area contributed by atoms with Crippen LogP contribution in [0.3, 0.4) is 0 Å². The third-order valence-electron chi connectivity index (χ3n) is 7.95. The third kappa shape index (κ3) is 7.26. The van der Waals surface area contributed by atoms with E-state index >= 15 is 0 Å². The highest BCUT2D eigenvalue weighted by Gasteiger charge is 2.33. The molecule has 4 aromatic carbocycles. The summed E-state index contributed by atoms with van der Waals surface area (Å²) >= 11 is 1.18. The number of hydrazone groups is 1. The number of amides is 2. The summed E-state index contributed by atoms with van der Waals surface area (Å²) in [7, 11) is 4.66. The van der Waals surface area contributed by atoms with Crippen LogP contribution in [0.4, 0.5) is 4.39 Å². The fraction of sp³-hybridized carbons (Fsp3) is 0.194. The highest BCUT2D eigenvalue weighted by molar-refractivity contribution is 7.99. The Bertz CT molecular complexity index is 1980. The highest BCUT2D eigenvalue weighted by Crippen LogP contribution is 2.35. The van der Waals surface area contributed by atoms with Gasteiger partial charge in [-0.3, -0.25) is 14.2 Å². The smallest absolute Gasteiger partial charge is 0.255 e. The largest absolute Gasteiger partial charge is 0.497 e. The molecule has 0 saturated heterocycles. The van der Waals surface area contributed by atoms with Crippen LogP contribution in [-0.2, 0) is 11.3 Å². The summed E-state index contributed by atoms with van der Waals surface area (Å²) < 4.78 is 31.9. The van der Waals surface area contributed by atoms with E-state index in [0.29, 0.717) is 45.9 Å². The van der Waals surface area contributed by atoms with Crippen LogP contribution in [0.5, 0.6) is 17.2 Å². The lowest BCUT2D eigenvalue weighted by molar-refractivity contribution is -0.130. The monoisotopic (exact) mass is 680 g/mol. The Labute approximate surface area is 286 Å². The van der Waals surface area contributed by atoms with Gasteiger partial charge in [0.2, 0.25) is 0 Å². The van der Waals surface area contributed by atoms with Gasteiger partial charge in [0, 0.05) is 6.42 Å². The molecule has 11 nitrogen and oxygen atoms in total. The van der Waals surface area contributed by atoms with Crippen LogP contribution in [0.25, 0.3) is 5.69 Å². The van der Waals surface area contributed by atoms with Gasteiger partial charge < -0.3 is 19.5 Å². The van der Waals surface area contributed by atoms with Crippen LogP contribution in [0.2, 0.25) is 0 Å². The molecule has 1 unspecified atom stereocenters. The van der Waals surface area contributed by atoms with Crippen molar-refractivity contribution in [2.24, 2.45) is 5.10 Å². The molecule has 0 radical (unpaired) electrons. The molecule has 49 heavy (non-hydrogen) atoms. The lowest BCUT2D eigenvalue weighted by Crippen LogP contribution is -2.28. The van der Waals surface area contributed by atoms with Crippen LogP contribution >= 0.6 is 11.8 Å². The predicted molar refractivity (Wildman–Crippen MR) is 183 cm³/mol. The van der Waals surface area contributed by atoms with E-state index in [1.807, 2.05) is 42.5 Å². The summed E-state index contributed by atoms with van der Waals surface area (Å²) in [6.07, 6.45) is 0.446. The molecular weight excluding hydrogens is 647 g/mol. The van der Waals surface area contributed by atoms with Gasteiger partial charge in [0.25, 0.3) is 11.8 Å². The van der Waals surface area contributed by atoms with Gasteiger partial charge in [0.05, 0.1) is 56.6 Å². The van der Waals surface area contributed by atoms with Crippen molar-refractivity contribution in [3.8, 4) is 22.9 Å². The number of benzene rings is 4. The number of nitrogens with zero attached hydrogens (tertiary/aromatic N) is 5. The summed E-state index contributed by atoms with van der Waals surface area (Å²) in [4.78, 5) is 27.0. The van der Waals surface area contributed by atoms with Crippen molar-refractivity contribution in [1.29, 1.82) is 0 Å². The Morgan fingerprint density at radius 1 is 0.857 bits per heavy atom. The Kier molecular flexibility index (Phi) is 10.2. The average Bonchev–Trinajstić information content (AvgIpc) is 3.78. The molecule has 0 spiro atoms. The second-order valence-corrected chi connectivity index (χ2v) is 11.8. The fourth-order valence-electron chi connectivity index (χ4n) is 5.49. The number of halogens is 1. The molecule has 1 aromatic heterocycles. The van der Waals surface area contributed by atoms with Crippen LogP contribution in [-0.4, -0.2) is 64.4 Å². The van der Waals surface area contributed by atoms with Gasteiger partial charge >= 0.3 is 0 Å². The Morgan fingerprint density at radius 2 is 1.55 bits per heavy atom. The van der Waals surface area contributed by atoms with Crippen LogP contribution in [0, 0.1) is 5.82 Å². The summed E-state index contributed by atoms with van der Waals surface area (Å²) in [5.41, 5.74) is 3.35. The molecule has 6 rings (SSSR count). The number of hydrogen-bond acceptors (Lipinski definition) is 9. The number of ether oxygens (including phenoxy) is 3. The number of carbonyl (C=O) groups excluding carboxylic acids is 2. The van der Waals surface area contributed by atoms with Crippen molar-refractivity contribution in [1.82, 2.24) is 25.1 Å². The third-order valence-corrected chi connectivity index (χ3v) is 8.87. The molecule has 2 amide bonds. The molecule has 1 atom stereocenters. The zero-order chi connectivity index (χ0) is 34.3. The normalized spacial score (nSPS) is 13.9. The number of para-hydroxylation sites is 3. The van der Waals surface area contributed by atoms with E-state index < -0.39 is 6.04 Å². The Balaban J connectivity index is 1.27. The fourth-order valence-corrected chi connectivity index (χ4v) is 6.30. The molecule has 0 bridgehead atoms. The number of aromatic nitrogens is 3. The maximum atomic E-state index is 13.9. The molecule has 0 aliphatic carbocycles. The average molecular weight is 681 g/mol. The molecule has 1 aliphatic heterocycles. The molecule has 0 fully saturated rings. The van der Waals surface area contributed by atoms with Crippen molar-refractivity contribution < 1.29 is 28.2 Å². The molecular formula is C36H33FN6O5S. The quantitative estimate of drug-likeness (QED) is 0.164. The van der Waals surface area contributed by atoms with Crippen molar-refractivity contribution in [3.63, 3.8) is 0 Å². The highest BCUT2D eigenvalue weighted by atomic mass is 32.2. The predicted octanol–water partition coefficient (Wildman–Crippen LogP) is 5.83. The Hall–Kier alpha value is -5.69. The molecule has 5 aromatic rings. The van der Waals surface area contributed by atoms with Gasteiger partial charge in [0.1, 0.15) is 23.1 Å². The number of rotatable bonds is 12. The SMILES string of the molecule is COc1ccc(C2=NN(C(=O)CSc3nnc(CNC(=O)c4ccccc4OC)n3-c3ccccc3OC)C(c3ccc(F)cc3)C2)cc1. The van der Waals surface area contributed by atoms with Crippen molar-refractivity contribution in [2.45, 2.75) is 24.2 Å². The van der Waals surface area contributed by atoms with E-state index in [9.17, 15) is 14.0 Å². The zero-order valence-corrected chi connectivity index (χ0v) is 27.8. The number of thioether (sulfide) groups is 1. The second kappa shape index (κ2) is 15.0. The van der Waals surface area contributed by atoms with Crippen molar-refractivity contribution >= 4 is 29.3 Å². The number of hydrogen-bond donors (Lipinski definition) is 1. The Morgan fingerprint density at radius 3 is 2.27 bits per heavy atom. The van der Waals surface area contributed by atoms with Gasteiger partial charge in [-0.25, -0.2) is 9.40 Å². The van der Waals surface area contributed by atoms with E-state index in [1.54, 1.807) is 61.3 Å². The van der Waals surface area contributed by atoms with E-state index in [-0.39, 0.29) is 29.9 Å². The summed E-state index contributed by atoms with van der Waals surface area (Å²) in [5.74, 6) is 1.12. The van der Waals surface area contributed by atoms with E-state index in [1.165, 1.54) is 36.0 Å². The molecule has 1 N–H and O–H groups in total. The van der Waals surface area contributed by atoms with Gasteiger partial charge in [0.15, 0.2) is 11.0 Å². The van der Waals surface area contributed by atoms with Crippen LogP contribution in [0.1, 0.15) is 39.8 Å². The van der Waals surface area contributed by atoms with Gasteiger partial charge in [-0.1, -0.05) is 48.2 Å². The molecule has 1 aliphatic rings. The van der Waals surface area contributed by atoms with Gasteiger partial charge in [-0.05, 0) is 71.8 Å². The van der Waals surface area contributed by atoms with E-state index in [0.717, 1.165) is 16.8 Å². The van der Waals surface area contributed by atoms with Crippen molar-refractivity contribution in [2.75, 3.05) is 27.1 Å². The van der Waals surface area contributed by atoms with E-state index in [2.05, 4.69) is 15.5 Å². The number of carbonyl (C=O) groups is 2. The molecule has 13 heteroatoms.